The van der Waals surface area contributed by atoms with Gasteiger partial charge in [0.1, 0.15) is 12.4 Å². The van der Waals surface area contributed by atoms with Crippen LogP contribution in [0, 0.1) is 5.82 Å². The zero-order chi connectivity index (χ0) is 24.1. The summed E-state index contributed by atoms with van der Waals surface area (Å²) in [4.78, 5) is 28.5. The SMILES string of the molecule is COc1ccc([C@@H]2CC(=O)N(CC(=O)NCc3ccc(F)cc3)c3ccccc3S2)cc1OC. The van der Waals surface area contributed by atoms with Gasteiger partial charge < -0.3 is 19.7 Å². The highest BCUT2D eigenvalue weighted by molar-refractivity contribution is 7.99. The monoisotopic (exact) mass is 480 g/mol. The van der Waals surface area contributed by atoms with Crippen LogP contribution in [0.25, 0.3) is 0 Å². The molecule has 2 amide bonds. The molecule has 0 fully saturated rings. The van der Waals surface area contributed by atoms with Gasteiger partial charge in [-0.05, 0) is 47.5 Å². The number of benzene rings is 3. The van der Waals surface area contributed by atoms with E-state index in [1.54, 1.807) is 38.1 Å². The molecule has 1 atom stereocenters. The van der Waals surface area contributed by atoms with Crippen molar-refractivity contribution in [1.82, 2.24) is 5.32 Å². The van der Waals surface area contributed by atoms with E-state index in [-0.39, 0.29) is 42.4 Å². The number of nitrogens with zero attached hydrogens (tertiary/aromatic N) is 1. The summed E-state index contributed by atoms with van der Waals surface area (Å²) < 4.78 is 23.9. The van der Waals surface area contributed by atoms with Crippen LogP contribution in [0.3, 0.4) is 0 Å². The lowest BCUT2D eigenvalue weighted by atomic mass is 10.1. The number of anilines is 1. The van der Waals surface area contributed by atoms with Gasteiger partial charge in [0.25, 0.3) is 0 Å². The lowest BCUT2D eigenvalue weighted by Crippen LogP contribution is -2.40. The first-order valence-electron chi connectivity index (χ1n) is 10.8. The van der Waals surface area contributed by atoms with Crippen molar-refractivity contribution in [3.05, 3.63) is 83.7 Å². The molecule has 0 spiro atoms. The number of methoxy groups -OCH3 is 2. The third kappa shape index (κ3) is 5.34. The van der Waals surface area contributed by atoms with Gasteiger partial charge in [-0.25, -0.2) is 4.39 Å². The van der Waals surface area contributed by atoms with Crippen molar-refractivity contribution in [1.29, 1.82) is 0 Å². The summed E-state index contributed by atoms with van der Waals surface area (Å²) >= 11 is 1.58. The highest BCUT2D eigenvalue weighted by Crippen LogP contribution is 2.46. The van der Waals surface area contributed by atoms with Crippen molar-refractivity contribution in [2.24, 2.45) is 0 Å². The molecule has 176 valence electrons. The summed E-state index contributed by atoms with van der Waals surface area (Å²) in [6.45, 7) is 0.155. The number of nitrogens with one attached hydrogen (secondary N) is 1. The Hall–Kier alpha value is -3.52. The van der Waals surface area contributed by atoms with Gasteiger partial charge in [-0.2, -0.15) is 0 Å². The van der Waals surface area contributed by atoms with Gasteiger partial charge in [0.15, 0.2) is 11.5 Å². The van der Waals surface area contributed by atoms with Crippen LogP contribution in [0.4, 0.5) is 10.1 Å². The molecule has 0 radical (unpaired) electrons. The van der Waals surface area contributed by atoms with Gasteiger partial charge in [-0.15, -0.1) is 11.8 Å². The molecule has 0 unspecified atom stereocenters. The van der Waals surface area contributed by atoms with E-state index in [9.17, 15) is 14.0 Å². The first-order chi connectivity index (χ1) is 16.5. The first-order valence-corrected chi connectivity index (χ1v) is 11.7. The fourth-order valence-corrected chi connectivity index (χ4v) is 5.06. The average molecular weight is 481 g/mol. The molecule has 0 aromatic heterocycles. The average Bonchev–Trinajstić information content (AvgIpc) is 2.99. The maximum Gasteiger partial charge on any atom is 0.240 e. The zero-order valence-corrected chi connectivity index (χ0v) is 19.7. The molecule has 1 heterocycles. The molecule has 1 aliphatic rings. The zero-order valence-electron chi connectivity index (χ0n) is 18.9. The molecule has 3 aromatic carbocycles. The maximum atomic E-state index is 13.3. The number of carbonyl (C=O) groups excluding carboxylic acids is 2. The van der Waals surface area contributed by atoms with Crippen LogP contribution >= 0.6 is 11.8 Å². The fraction of sp³-hybridized carbons (Fsp3) is 0.231. The Kier molecular flexibility index (Phi) is 7.37. The summed E-state index contributed by atoms with van der Waals surface area (Å²) in [6, 6.07) is 19.2. The molecule has 0 saturated carbocycles. The third-order valence-electron chi connectivity index (χ3n) is 5.57. The van der Waals surface area contributed by atoms with Gasteiger partial charge in [-0.1, -0.05) is 30.3 Å². The van der Waals surface area contributed by atoms with Crippen molar-refractivity contribution >= 4 is 29.3 Å². The maximum absolute atomic E-state index is 13.3. The van der Waals surface area contributed by atoms with Gasteiger partial charge in [0.05, 0.1) is 19.9 Å². The lowest BCUT2D eigenvalue weighted by Gasteiger charge is -2.22. The lowest BCUT2D eigenvalue weighted by molar-refractivity contribution is -0.124. The second-order valence-corrected chi connectivity index (χ2v) is 9.02. The molecular formula is C26H25FN2O4S. The topological polar surface area (TPSA) is 67.9 Å². The van der Waals surface area contributed by atoms with Crippen molar-refractivity contribution < 1.29 is 23.5 Å². The largest absolute Gasteiger partial charge is 0.493 e. The molecule has 1 aliphatic heterocycles. The Labute approximate surface area is 202 Å². The number of hydrogen-bond donors (Lipinski definition) is 1. The predicted octanol–water partition coefficient (Wildman–Crippen LogP) is 4.73. The van der Waals surface area contributed by atoms with E-state index >= 15 is 0 Å². The van der Waals surface area contributed by atoms with E-state index in [0.717, 1.165) is 16.0 Å². The van der Waals surface area contributed by atoms with E-state index in [0.29, 0.717) is 17.2 Å². The summed E-state index contributed by atoms with van der Waals surface area (Å²) in [5.74, 6) is 0.457. The van der Waals surface area contributed by atoms with Crippen LogP contribution in [0.1, 0.15) is 22.8 Å². The molecule has 34 heavy (non-hydrogen) atoms. The van der Waals surface area contributed by atoms with Crippen molar-refractivity contribution in [2.75, 3.05) is 25.7 Å². The minimum atomic E-state index is -0.330. The van der Waals surface area contributed by atoms with E-state index in [2.05, 4.69) is 5.32 Å². The molecule has 3 aromatic rings. The minimum Gasteiger partial charge on any atom is -0.493 e. The van der Waals surface area contributed by atoms with Crippen molar-refractivity contribution in [3.8, 4) is 11.5 Å². The van der Waals surface area contributed by atoms with Crippen LogP contribution in [-0.2, 0) is 16.1 Å². The number of ether oxygens (including phenoxy) is 2. The summed E-state index contributed by atoms with van der Waals surface area (Å²) in [5.41, 5.74) is 2.42. The number of halogens is 1. The van der Waals surface area contributed by atoms with Crippen LogP contribution in [0.2, 0.25) is 0 Å². The Balaban J connectivity index is 1.53. The van der Waals surface area contributed by atoms with Gasteiger partial charge >= 0.3 is 0 Å². The number of amides is 2. The van der Waals surface area contributed by atoms with Crippen LogP contribution < -0.4 is 19.7 Å². The van der Waals surface area contributed by atoms with Crippen molar-refractivity contribution in [3.63, 3.8) is 0 Å². The van der Waals surface area contributed by atoms with Gasteiger partial charge in [0, 0.05) is 23.1 Å². The number of thioether (sulfide) groups is 1. The predicted molar refractivity (Wildman–Crippen MR) is 130 cm³/mol. The number of rotatable bonds is 7. The molecular weight excluding hydrogens is 455 g/mol. The minimum absolute atomic E-state index is 0.101. The second-order valence-electron chi connectivity index (χ2n) is 7.78. The highest BCUT2D eigenvalue weighted by Gasteiger charge is 2.30. The van der Waals surface area contributed by atoms with E-state index in [1.807, 2.05) is 42.5 Å². The molecule has 6 nitrogen and oxygen atoms in total. The molecule has 8 heteroatoms. The summed E-state index contributed by atoms with van der Waals surface area (Å²) in [6.07, 6.45) is 0.222. The molecule has 0 aliphatic carbocycles. The molecule has 1 N–H and O–H groups in total. The number of fused-ring (bicyclic) bond motifs is 1. The van der Waals surface area contributed by atoms with Crippen LogP contribution in [0.15, 0.2) is 71.6 Å². The Morgan fingerprint density at radius 1 is 1.06 bits per heavy atom. The van der Waals surface area contributed by atoms with Crippen LogP contribution in [0.5, 0.6) is 11.5 Å². The molecule has 0 bridgehead atoms. The normalized spacial score (nSPS) is 15.3. The fourth-order valence-electron chi connectivity index (χ4n) is 3.79. The molecule has 0 saturated heterocycles. The quantitative estimate of drug-likeness (QED) is 0.530. The second kappa shape index (κ2) is 10.6. The van der Waals surface area contributed by atoms with Crippen LogP contribution in [-0.4, -0.2) is 32.6 Å². The number of para-hydroxylation sites is 1. The number of hydrogen-bond acceptors (Lipinski definition) is 5. The van der Waals surface area contributed by atoms with E-state index in [4.69, 9.17) is 9.47 Å². The third-order valence-corrected chi connectivity index (χ3v) is 6.89. The standard InChI is InChI=1S/C26H25FN2O4S/c1-32-21-12-9-18(13-22(21)33-2)24-14-26(31)29(20-5-3-4-6-23(20)34-24)16-25(30)28-15-17-7-10-19(27)11-8-17/h3-13,24H,14-16H2,1-2H3,(H,28,30)/t24-/m0/s1. The summed E-state index contributed by atoms with van der Waals surface area (Å²) in [7, 11) is 3.16. The van der Waals surface area contributed by atoms with E-state index < -0.39 is 0 Å². The molecule has 4 rings (SSSR count). The Morgan fingerprint density at radius 2 is 1.79 bits per heavy atom. The number of carbonyl (C=O) groups is 2. The highest BCUT2D eigenvalue weighted by atomic mass is 32.2. The van der Waals surface area contributed by atoms with Gasteiger partial charge in [0.2, 0.25) is 11.8 Å². The van der Waals surface area contributed by atoms with E-state index in [1.165, 1.54) is 17.0 Å². The van der Waals surface area contributed by atoms with Crippen molar-refractivity contribution in [2.45, 2.75) is 23.1 Å². The Bertz CT molecular complexity index is 1190. The summed E-state index contributed by atoms with van der Waals surface area (Å²) in [5, 5.41) is 2.66. The smallest absolute Gasteiger partial charge is 0.240 e. The van der Waals surface area contributed by atoms with Gasteiger partial charge in [-0.3, -0.25) is 9.59 Å². The Morgan fingerprint density at radius 3 is 2.53 bits per heavy atom. The first kappa shape index (κ1) is 23.6.